The first-order valence-electron chi connectivity index (χ1n) is 5.48. The van der Waals surface area contributed by atoms with E-state index in [9.17, 15) is 9.59 Å². The quantitative estimate of drug-likeness (QED) is 0.551. The molecule has 1 aromatic heterocycles. The molecule has 1 rings (SSSR count). The lowest BCUT2D eigenvalue weighted by Gasteiger charge is -2.08. The topological polar surface area (TPSA) is 101 Å². The summed E-state index contributed by atoms with van der Waals surface area (Å²) in [6, 6.07) is 0. The molecule has 0 fully saturated rings. The number of nitrogens with one attached hydrogen (secondary N) is 1. The minimum atomic E-state index is -0.917. The Bertz CT molecular complexity index is 438. The van der Waals surface area contributed by atoms with Crippen LogP contribution in [-0.2, 0) is 14.3 Å². The molecule has 0 radical (unpaired) electrons. The molecule has 106 valence electrons. The summed E-state index contributed by atoms with van der Waals surface area (Å²) >= 11 is 2.23. The Labute approximate surface area is 118 Å². The summed E-state index contributed by atoms with van der Waals surface area (Å²) < 4.78 is 5.47. The molecule has 9 heteroatoms. The number of hydrogen-bond donors (Lipinski definition) is 2. The van der Waals surface area contributed by atoms with Crippen molar-refractivity contribution >= 4 is 40.1 Å². The lowest BCUT2D eigenvalue weighted by Crippen LogP contribution is -2.17. The number of hydrogen-bond acceptors (Lipinski definition) is 7. The highest BCUT2D eigenvalue weighted by Crippen LogP contribution is 2.25. The normalized spacial score (nSPS) is 12.1. The fourth-order valence-electron chi connectivity index (χ4n) is 1.27. The Balaban J connectivity index is 2.40. The van der Waals surface area contributed by atoms with Gasteiger partial charge in [0, 0.05) is 20.1 Å². The molecule has 2 N–H and O–H groups in total. The second kappa shape index (κ2) is 8.08. The molecule has 0 aliphatic carbocycles. The Hall–Kier alpha value is -1.19. The zero-order valence-electron chi connectivity index (χ0n) is 10.6. The van der Waals surface area contributed by atoms with E-state index in [4.69, 9.17) is 9.84 Å². The molecular weight excluding hydrogens is 290 g/mol. The molecule has 0 saturated carbocycles. The molecule has 1 amide bonds. The van der Waals surface area contributed by atoms with E-state index in [1.165, 1.54) is 0 Å². The second-order valence-corrected chi connectivity index (χ2v) is 6.07. The molecule has 19 heavy (non-hydrogen) atoms. The molecule has 1 atom stereocenters. The van der Waals surface area contributed by atoms with Crippen molar-refractivity contribution in [3.05, 3.63) is 0 Å². The van der Waals surface area contributed by atoms with Gasteiger partial charge in [-0.2, -0.15) is 0 Å². The van der Waals surface area contributed by atoms with Crippen LogP contribution in [0.4, 0.5) is 5.13 Å². The number of rotatable bonds is 8. The van der Waals surface area contributed by atoms with E-state index in [-0.39, 0.29) is 17.6 Å². The van der Waals surface area contributed by atoms with Gasteiger partial charge in [0.05, 0.1) is 5.75 Å². The molecule has 0 bridgehead atoms. The maximum absolute atomic E-state index is 11.6. The first-order valence-corrected chi connectivity index (χ1v) is 7.28. The average molecular weight is 305 g/mol. The van der Waals surface area contributed by atoms with Gasteiger partial charge in [0.2, 0.25) is 11.0 Å². The predicted octanol–water partition coefficient (Wildman–Crippen LogP) is 1.33. The number of anilines is 1. The van der Waals surface area contributed by atoms with Crippen molar-refractivity contribution in [1.82, 2.24) is 10.2 Å². The van der Waals surface area contributed by atoms with Gasteiger partial charge >= 0.3 is 5.97 Å². The number of ether oxygens (including phenoxy) is 1. The summed E-state index contributed by atoms with van der Waals surface area (Å²) in [5.74, 6) is -1.03. The lowest BCUT2D eigenvalue weighted by molar-refractivity contribution is -0.133. The lowest BCUT2D eigenvalue weighted by atomic mass is 10.1. The molecule has 0 aromatic carbocycles. The van der Waals surface area contributed by atoms with Crippen molar-refractivity contribution < 1.29 is 19.4 Å². The van der Waals surface area contributed by atoms with E-state index in [1.54, 1.807) is 7.11 Å². The standard InChI is InChI=1S/C10H15N3O4S2/c1-6(4-17-2)3-7(14)11-9-12-13-10(19-9)18-5-8(15)16/h6H,3-5H2,1-2H3,(H,15,16)(H,11,12,14). The summed E-state index contributed by atoms with van der Waals surface area (Å²) in [6.07, 6.45) is 0.338. The van der Waals surface area contributed by atoms with Gasteiger partial charge in [0.1, 0.15) is 0 Å². The predicted molar refractivity (Wildman–Crippen MR) is 72.6 cm³/mol. The van der Waals surface area contributed by atoms with E-state index in [1.807, 2.05) is 6.92 Å². The van der Waals surface area contributed by atoms with Crippen LogP contribution in [0.2, 0.25) is 0 Å². The van der Waals surface area contributed by atoms with Crippen LogP contribution in [-0.4, -0.2) is 46.6 Å². The van der Waals surface area contributed by atoms with Crippen molar-refractivity contribution in [2.75, 3.05) is 24.8 Å². The zero-order valence-corrected chi connectivity index (χ0v) is 12.2. The number of carboxylic acids is 1. The minimum Gasteiger partial charge on any atom is -0.481 e. The molecule has 0 spiro atoms. The van der Waals surface area contributed by atoms with E-state index < -0.39 is 5.97 Å². The van der Waals surface area contributed by atoms with E-state index in [0.29, 0.717) is 22.5 Å². The van der Waals surface area contributed by atoms with Gasteiger partial charge in [-0.25, -0.2) is 0 Å². The van der Waals surface area contributed by atoms with Crippen molar-refractivity contribution in [3.8, 4) is 0 Å². The van der Waals surface area contributed by atoms with Crippen LogP contribution in [0.5, 0.6) is 0 Å². The number of methoxy groups -OCH3 is 1. The fourth-order valence-corrected chi connectivity index (χ4v) is 2.76. The Morgan fingerprint density at radius 1 is 1.53 bits per heavy atom. The third kappa shape index (κ3) is 6.50. The van der Waals surface area contributed by atoms with Crippen LogP contribution in [0.3, 0.4) is 0 Å². The first-order chi connectivity index (χ1) is 9.01. The second-order valence-electron chi connectivity index (χ2n) is 3.87. The van der Waals surface area contributed by atoms with Crippen LogP contribution < -0.4 is 5.32 Å². The van der Waals surface area contributed by atoms with Gasteiger partial charge in [-0.3, -0.25) is 9.59 Å². The van der Waals surface area contributed by atoms with Gasteiger partial charge in [-0.1, -0.05) is 30.0 Å². The highest BCUT2D eigenvalue weighted by atomic mass is 32.2. The minimum absolute atomic E-state index is 0.0759. The first kappa shape index (κ1) is 15.9. The number of aliphatic carboxylic acids is 1. The molecule has 7 nitrogen and oxygen atoms in total. The van der Waals surface area contributed by atoms with Gasteiger partial charge < -0.3 is 15.2 Å². The highest BCUT2D eigenvalue weighted by Gasteiger charge is 2.12. The largest absolute Gasteiger partial charge is 0.481 e. The third-order valence-electron chi connectivity index (χ3n) is 1.96. The van der Waals surface area contributed by atoms with Gasteiger partial charge in [0.25, 0.3) is 0 Å². The number of nitrogens with zero attached hydrogens (tertiary/aromatic N) is 2. The SMILES string of the molecule is COCC(C)CC(=O)Nc1nnc(SCC(=O)O)s1. The molecule has 0 aliphatic heterocycles. The Kier molecular flexibility index (Phi) is 6.74. The Morgan fingerprint density at radius 3 is 2.89 bits per heavy atom. The van der Waals surface area contributed by atoms with E-state index in [0.717, 1.165) is 23.1 Å². The number of amides is 1. The summed E-state index contributed by atoms with van der Waals surface area (Å²) in [5, 5.41) is 19.1. The van der Waals surface area contributed by atoms with E-state index in [2.05, 4.69) is 15.5 Å². The number of carbonyl (C=O) groups is 2. The summed E-state index contributed by atoms with van der Waals surface area (Å²) in [4.78, 5) is 22.0. The molecule has 0 aliphatic rings. The van der Waals surface area contributed by atoms with Crippen molar-refractivity contribution in [2.45, 2.75) is 17.7 Å². The summed E-state index contributed by atoms with van der Waals surface area (Å²) in [7, 11) is 1.59. The summed E-state index contributed by atoms with van der Waals surface area (Å²) in [5.41, 5.74) is 0. The van der Waals surface area contributed by atoms with Crippen molar-refractivity contribution in [2.24, 2.45) is 5.92 Å². The Morgan fingerprint density at radius 2 is 2.26 bits per heavy atom. The summed E-state index contributed by atoms with van der Waals surface area (Å²) in [6.45, 7) is 2.43. The smallest absolute Gasteiger partial charge is 0.313 e. The monoisotopic (exact) mass is 305 g/mol. The maximum Gasteiger partial charge on any atom is 0.313 e. The molecule has 1 heterocycles. The van der Waals surface area contributed by atoms with Gasteiger partial charge in [0.15, 0.2) is 4.34 Å². The van der Waals surface area contributed by atoms with Crippen LogP contribution in [0.25, 0.3) is 0 Å². The maximum atomic E-state index is 11.6. The zero-order chi connectivity index (χ0) is 14.3. The van der Waals surface area contributed by atoms with Crippen molar-refractivity contribution in [3.63, 3.8) is 0 Å². The van der Waals surface area contributed by atoms with Crippen molar-refractivity contribution in [1.29, 1.82) is 0 Å². The molecular formula is C10H15N3O4S2. The number of carbonyl (C=O) groups excluding carboxylic acids is 1. The van der Waals surface area contributed by atoms with E-state index >= 15 is 0 Å². The molecule has 0 saturated heterocycles. The van der Waals surface area contributed by atoms with Gasteiger partial charge in [-0.05, 0) is 5.92 Å². The highest BCUT2D eigenvalue weighted by molar-refractivity contribution is 8.01. The van der Waals surface area contributed by atoms with Crippen LogP contribution in [0.15, 0.2) is 4.34 Å². The number of carboxylic acid groups (broad SMARTS) is 1. The van der Waals surface area contributed by atoms with Gasteiger partial charge in [-0.15, -0.1) is 10.2 Å². The number of aromatic nitrogens is 2. The van der Waals surface area contributed by atoms with Crippen LogP contribution in [0, 0.1) is 5.92 Å². The molecule has 1 aromatic rings. The molecule has 1 unspecified atom stereocenters. The third-order valence-corrected chi connectivity index (χ3v) is 3.91. The van der Waals surface area contributed by atoms with Crippen LogP contribution >= 0.6 is 23.1 Å². The fraction of sp³-hybridized carbons (Fsp3) is 0.600. The average Bonchev–Trinajstić information content (AvgIpc) is 2.74. The number of thioether (sulfide) groups is 1. The van der Waals surface area contributed by atoms with Crippen LogP contribution in [0.1, 0.15) is 13.3 Å².